The largest absolute Gasteiger partial charge is 0.491 e. The Bertz CT molecular complexity index is 572. The predicted octanol–water partition coefficient (Wildman–Crippen LogP) is 5.46. The van der Waals surface area contributed by atoms with Gasteiger partial charge in [0.05, 0.1) is 12.3 Å². The summed E-state index contributed by atoms with van der Waals surface area (Å²) in [4.78, 5) is 1.27. The van der Waals surface area contributed by atoms with E-state index in [1.54, 1.807) is 11.8 Å². The van der Waals surface area contributed by atoms with E-state index in [0.717, 1.165) is 24.4 Å². The molecule has 2 aromatic carbocycles. The van der Waals surface area contributed by atoms with Crippen molar-refractivity contribution in [2.24, 2.45) is 0 Å². The first-order chi connectivity index (χ1) is 10.2. The van der Waals surface area contributed by atoms with E-state index in [1.807, 2.05) is 18.2 Å². The summed E-state index contributed by atoms with van der Waals surface area (Å²) < 4.78 is 5.74. The van der Waals surface area contributed by atoms with Gasteiger partial charge in [-0.25, -0.2) is 0 Å². The fourth-order valence-electron chi connectivity index (χ4n) is 1.92. The van der Waals surface area contributed by atoms with Crippen molar-refractivity contribution >= 4 is 29.1 Å². The third-order valence-corrected chi connectivity index (χ3v) is 4.02. The van der Waals surface area contributed by atoms with Gasteiger partial charge in [-0.2, -0.15) is 0 Å². The molecule has 0 radical (unpaired) electrons. The van der Waals surface area contributed by atoms with Crippen LogP contribution in [0.1, 0.15) is 18.9 Å². The Hall–Kier alpha value is -1.32. The Morgan fingerprint density at radius 1 is 1.14 bits per heavy atom. The number of rotatable bonds is 7. The van der Waals surface area contributed by atoms with Crippen molar-refractivity contribution in [3.8, 4) is 5.75 Å². The predicted molar refractivity (Wildman–Crippen MR) is 92.8 cm³/mol. The average Bonchev–Trinajstić information content (AvgIpc) is 2.52. The Kier molecular flexibility index (Phi) is 6.27. The van der Waals surface area contributed by atoms with Crippen molar-refractivity contribution in [3.63, 3.8) is 0 Å². The number of thioether (sulfide) groups is 1. The summed E-state index contributed by atoms with van der Waals surface area (Å²) in [7, 11) is 0. The highest BCUT2D eigenvalue weighted by atomic mass is 35.5. The molecule has 2 nitrogen and oxygen atoms in total. The summed E-state index contributed by atoms with van der Waals surface area (Å²) in [5.41, 5.74) is 2.17. The molecule has 1 N–H and O–H groups in total. The molecule has 0 aliphatic carbocycles. The van der Waals surface area contributed by atoms with Crippen LogP contribution >= 0.6 is 23.4 Å². The first-order valence-electron chi connectivity index (χ1n) is 7.02. The van der Waals surface area contributed by atoms with Crippen LogP contribution in [0.3, 0.4) is 0 Å². The molecule has 0 fully saturated rings. The normalized spacial score (nSPS) is 10.4. The molecule has 0 aliphatic rings. The van der Waals surface area contributed by atoms with Gasteiger partial charge in [-0.1, -0.05) is 30.7 Å². The molecule has 0 saturated heterocycles. The van der Waals surface area contributed by atoms with Gasteiger partial charge in [0.1, 0.15) is 5.75 Å². The van der Waals surface area contributed by atoms with Gasteiger partial charge in [-0.3, -0.25) is 0 Å². The Balaban J connectivity index is 2.05. The lowest BCUT2D eigenvalue weighted by atomic mass is 10.2. The molecule has 0 unspecified atom stereocenters. The minimum absolute atomic E-state index is 0.707. The van der Waals surface area contributed by atoms with Crippen molar-refractivity contribution in [1.29, 1.82) is 0 Å². The molecule has 2 rings (SSSR count). The molecule has 0 spiro atoms. The number of hydrogen-bond donors (Lipinski definition) is 1. The highest BCUT2D eigenvalue weighted by molar-refractivity contribution is 7.98. The third kappa shape index (κ3) is 4.87. The number of nitrogens with one attached hydrogen (secondary N) is 1. The van der Waals surface area contributed by atoms with Gasteiger partial charge in [-0.15, -0.1) is 11.8 Å². The van der Waals surface area contributed by atoms with E-state index in [2.05, 4.69) is 42.8 Å². The van der Waals surface area contributed by atoms with E-state index < -0.39 is 0 Å². The SMILES string of the molecule is CCCOc1ccc(Cl)cc1NCc1ccc(SC)cc1. The zero-order valence-corrected chi connectivity index (χ0v) is 13.9. The van der Waals surface area contributed by atoms with E-state index in [1.165, 1.54) is 10.5 Å². The van der Waals surface area contributed by atoms with E-state index >= 15 is 0 Å². The van der Waals surface area contributed by atoms with Crippen LogP contribution in [-0.4, -0.2) is 12.9 Å². The summed E-state index contributed by atoms with van der Waals surface area (Å²) in [5, 5.41) is 4.11. The van der Waals surface area contributed by atoms with Crippen molar-refractivity contribution in [2.75, 3.05) is 18.2 Å². The van der Waals surface area contributed by atoms with Gasteiger partial charge in [-0.05, 0) is 48.6 Å². The summed E-state index contributed by atoms with van der Waals surface area (Å²) in [6.45, 7) is 3.55. The molecule has 2 aromatic rings. The number of ether oxygens (including phenoxy) is 1. The monoisotopic (exact) mass is 321 g/mol. The van der Waals surface area contributed by atoms with Crippen LogP contribution in [0.2, 0.25) is 5.02 Å². The van der Waals surface area contributed by atoms with Gasteiger partial charge in [0, 0.05) is 16.5 Å². The van der Waals surface area contributed by atoms with Crippen LogP contribution in [-0.2, 0) is 6.54 Å². The fraction of sp³-hybridized carbons (Fsp3) is 0.294. The molecule has 4 heteroatoms. The van der Waals surface area contributed by atoms with Gasteiger partial charge in [0.25, 0.3) is 0 Å². The van der Waals surface area contributed by atoms with Crippen LogP contribution < -0.4 is 10.1 Å². The number of benzene rings is 2. The molecule has 0 heterocycles. The molecule has 0 bridgehead atoms. The molecule has 0 amide bonds. The Labute approximate surface area is 135 Å². The van der Waals surface area contributed by atoms with Crippen molar-refractivity contribution in [3.05, 3.63) is 53.1 Å². The smallest absolute Gasteiger partial charge is 0.142 e. The maximum Gasteiger partial charge on any atom is 0.142 e. The average molecular weight is 322 g/mol. The topological polar surface area (TPSA) is 21.3 Å². The number of anilines is 1. The highest BCUT2D eigenvalue weighted by Gasteiger charge is 2.05. The number of hydrogen-bond acceptors (Lipinski definition) is 3. The second-order valence-electron chi connectivity index (χ2n) is 4.69. The van der Waals surface area contributed by atoms with E-state index in [9.17, 15) is 0 Å². The zero-order chi connectivity index (χ0) is 15.1. The number of halogens is 1. The van der Waals surface area contributed by atoms with Crippen molar-refractivity contribution in [2.45, 2.75) is 24.8 Å². The van der Waals surface area contributed by atoms with E-state index in [0.29, 0.717) is 11.6 Å². The summed E-state index contributed by atoms with van der Waals surface area (Å²) in [6, 6.07) is 14.2. The standard InChI is InChI=1S/C17H20ClNOS/c1-3-10-20-17-9-6-14(18)11-16(17)19-12-13-4-7-15(21-2)8-5-13/h4-9,11,19H,3,10,12H2,1-2H3. The summed E-state index contributed by atoms with van der Waals surface area (Å²) in [5.74, 6) is 0.849. The minimum atomic E-state index is 0.707. The maximum atomic E-state index is 6.07. The van der Waals surface area contributed by atoms with Gasteiger partial charge in [0.15, 0.2) is 0 Å². The molecule has 0 atom stereocenters. The Morgan fingerprint density at radius 2 is 1.90 bits per heavy atom. The van der Waals surface area contributed by atoms with Crippen LogP contribution in [0.25, 0.3) is 0 Å². The molecular formula is C17H20ClNOS. The zero-order valence-electron chi connectivity index (χ0n) is 12.4. The van der Waals surface area contributed by atoms with Crippen LogP contribution in [0, 0.1) is 0 Å². The molecule has 112 valence electrons. The lowest BCUT2D eigenvalue weighted by Crippen LogP contribution is -2.03. The lowest BCUT2D eigenvalue weighted by Gasteiger charge is -2.13. The molecule has 0 aromatic heterocycles. The summed E-state index contributed by atoms with van der Waals surface area (Å²) in [6.07, 6.45) is 3.06. The quantitative estimate of drug-likeness (QED) is 0.684. The molecule has 0 aliphatic heterocycles. The second-order valence-corrected chi connectivity index (χ2v) is 6.01. The van der Waals surface area contributed by atoms with Crippen molar-refractivity contribution < 1.29 is 4.74 Å². The van der Waals surface area contributed by atoms with Crippen LogP contribution in [0.15, 0.2) is 47.4 Å². The third-order valence-electron chi connectivity index (χ3n) is 3.05. The fourth-order valence-corrected chi connectivity index (χ4v) is 2.50. The Morgan fingerprint density at radius 3 is 2.57 bits per heavy atom. The first-order valence-corrected chi connectivity index (χ1v) is 8.62. The van der Waals surface area contributed by atoms with E-state index in [-0.39, 0.29) is 0 Å². The van der Waals surface area contributed by atoms with Crippen molar-refractivity contribution in [1.82, 2.24) is 0 Å². The highest BCUT2D eigenvalue weighted by Crippen LogP contribution is 2.28. The van der Waals surface area contributed by atoms with Gasteiger partial charge < -0.3 is 10.1 Å². The molecule has 21 heavy (non-hydrogen) atoms. The van der Waals surface area contributed by atoms with Gasteiger partial charge >= 0.3 is 0 Å². The first kappa shape index (κ1) is 16.1. The second kappa shape index (κ2) is 8.20. The van der Waals surface area contributed by atoms with Crippen LogP contribution in [0.4, 0.5) is 5.69 Å². The molecule has 0 saturated carbocycles. The van der Waals surface area contributed by atoms with Crippen LogP contribution in [0.5, 0.6) is 5.75 Å². The lowest BCUT2D eigenvalue weighted by molar-refractivity contribution is 0.319. The molecular weight excluding hydrogens is 302 g/mol. The minimum Gasteiger partial charge on any atom is -0.491 e. The van der Waals surface area contributed by atoms with Gasteiger partial charge in [0.2, 0.25) is 0 Å². The summed E-state index contributed by atoms with van der Waals surface area (Å²) >= 11 is 7.82. The van der Waals surface area contributed by atoms with E-state index in [4.69, 9.17) is 16.3 Å². The maximum absolute atomic E-state index is 6.07.